The van der Waals surface area contributed by atoms with Gasteiger partial charge in [-0.25, -0.2) is 9.97 Å². The van der Waals surface area contributed by atoms with Gasteiger partial charge in [-0.15, -0.1) is 0 Å². The van der Waals surface area contributed by atoms with Crippen LogP contribution in [-0.4, -0.2) is 29.0 Å². The molecular weight excluding hydrogens is 312 g/mol. The first-order valence-electron chi connectivity index (χ1n) is 7.79. The standard InChI is InChI=1S/C17H21ClN4O/c1-3-11-22(12-4-2)17-19-10-9-15(21-17)16(23)20-14-7-5-13(18)6-8-14/h5-10H,3-4,11-12H2,1-2H3,(H,20,23). The van der Waals surface area contributed by atoms with E-state index in [1.165, 1.54) is 0 Å². The van der Waals surface area contributed by atoms with E-state index < -0.39 is 0 Å². The normalized spacial score (nSPS) is 10.4. The van der Waals surface area contributed by atoms with Gasteiger partial charge in [0.05, 0.1) is 0 Å². The summed E-state index contributed by atoms with van der Waals surface area (Å²) in [6, 6.07) is 8.58. The van der Waals surface area contributed by atoms with Gasteiger partial charge in [0.25, 0.3) is 5.91 Å². The second kappa shape index (κ2) is 8.48. The Kier molecular flexibility index (Phi) is 6.35. The van der Waals surface area contributed by atoms with Crippen molar-refractivity contribution in [1.82, 2.24) is 9.97 Å². The Labute approximate surface area is 141 Å². The maximum Gasteiger partial charge on any atom is 0.274 e. The minimum absolute atomic E-state index is 0.260. The Morgan fingerprint density at radius 1 is 1.13 bits per heavy atom. The molecule has 0 saturated carbocycles. The van der Waals surface area contributed by atoms with Crippen molar-refractivity contribution in [3.63, 3.8) is 0 Å². The van der Waals surface area contributed by atoms with Gasteiger partial charge in [0.2, 0.25) is 5.95 Å². The number of hydrogen-bond donors (Lipinski definition) is 1. The first-order valence-corrected chi connectivity index (χ1v) is 8.16. The van der Waals surface area contributed by atoms with Gasteiger partial charge in [-0.3, -0.25) is 4.79 Å². The van der Waals surface area contributed by atoms with Crippen LogP contribution in [0.15, 0.2) is 36.5 Å². The number of amides is 1. The van der Waals surface area contributed by atoms with Crippen molar-refractivity contribution in [2.45, 2.75) is 26.7 Å². The fourth-order valence-electron chi connectivity index (χ4n) is 2.21. The summed E-state index contributed by atoms with van der Waals surface area (Å²) in [6.45, 7) is 5.96. The van der Waals surface area contributed by atoms with Gasteiger partial charge in [0.1, 0.15) is 5.69 Å². The molecule has 0 unspecified atom stereocenters. The number of nitrogens with one attached hydrogen (secondary N) is 1. The van der Waals surface area contributed by atoms with Crippen LogP contribution >= 0.6 is 11.6 Å². The van der Waals surface area contributed by atoms with E-state index in [0.29, 0.717) is 22.4 Å². The van der Waals surface area contributed by atoms with Crippen LogP contribution in [0.4, 0.5) is 11.6 Å². The van der Waals surface area contributed by atoms with Gasteiger partial charge >= 0.3 is 0 Å². The molecule has 6 heteroatoms. The highest BCUT2D eigenvalue weighted by atomic mass is 35.5. The van der Waals surface area contributed by atoms with Crippen molar-refractivity contribution < 1.29 is 4.79 Å². The van der Waals surface area contributed by atoms with Crippen molar-refractivity contribution in [1.29, 1.82) is 0 Å². The maximum absolute atomic E-state index is 12.3. The summed E-state index contributed by atoms with van der Waals surface area (Å²) in [5, 5.41) is 3.44. The van der Waals surface area contributed by atoms with E-state index in [2.05, 4.69) is 34.0 Å². The molecule has 1 amide bonds. The molecule has 0 aliphatic rings. The van der Waals surface area contributed by atoms with Crippen molar-refractivity contribution in [3.8, 4) is 0 Å². The summed E-state index contributed by atoms with van der Waals surface area (Å²) in [7, 11) is 0. The molecule has 0 radical (unpaired) electrons. The highest BCUT2D eigenvalue weighted by Gasteiger charge is 2.13. The van der Waals surface area contributed by atoms with Crippen molar-refractivity contribution in [2.75, 3.05) is 23.3 Å². The second-order valence-corrected chi connectivity index (χ2v) is 5.63. The molecule has 23 heavy (non-hydrogen) atoms. The summed E-state index contributed by atoms with van der Waals surface area (Å²) in [5.74, 6) is 0.335. The first-order chi connectivity index (χ1) is 11.1. The lowest BCUT2D eigenvalue weighted by Crippen LogP contribution is -2.27. The molecule has 1 aromatic heterocycles. The van der Waals surface area contributed by atoms with E-state index in [-0.39, 0.29) is 5.91 Å². The Morgan fingerprint density at radius 2 is 1.78 bits per heavy atom. The van der Waals surface area contributed by atoms with Crippen molar-refractivity contribution in [3.05, 3.63) is 47.2 Å². The number of rotatable bonds is 7. The number of carbonyl (C=O) groups excluding carboxylic acids is 1. The molecule has 2 aromatic rings. The molecule has 0 fully saturated rings. The lowest BCUT2D eigenvalue weighted by molar-refractivity contribution is 0.102. The zero-order valence-electron chi connectivity index (χ0n) is 13.4. The van der Waals surface area contributed by atoms with E-state index >= 15 is 0 Å². The molecule has 0 bridgehead atoms. The molecule has 0 atom stereocenters. The Balaban J connectivity index is 2.14. The predicted octanol–water partition coefficient (Wildman–Crippen LogP) is 4.01. The van der Waals surface area contributed by atoms with Crippen LogP contribution in [-0.2, 0) is 0 Å². The van der Waals surface area contributed by atoms with E-state index in [1.807, 2.05) is 0 Å². The number of hydrogen-bond acceptors (Lipinski definition) is 4. The van der Waals surface area contributed by atoms with Gasteiger partial charge in [-0.05, 0) is 43.2 Å². The van der Waals surface area contributed by atoms with E-state index in [4.69, 9.17) is 11.6 Å². The first kappa shape index (κ1) is 17.2. The van der Waals surface area contributed by atoms with Crippen molar-refractivity contribution >= 4 is 29.1 Å². The number of anilines is 2. The average Bonchev–Trinajstić information content (AvgIpc) is 2.57. The van der Waals surface area contributed by atoms with Crippen LogP contribution in [0.2, 0.25) is 5.02 Å². The van der Waals surface area contributed by atoms with Crippen molar-refractivity contribution in [2.24, 2.45) is 0 Å². The molecule has 5 nitrogen and oxygen atoms in total. The molecule has 1 heterocycles. The third kappa shape index (κ3) is 4.93. The Morgan fingerprint density at radius 3 is 2.39 bits per heavy atom. The molecule has 2 rings (SSSR count). The fraction of sp³-hybridized carbons (Fsp3) is 0.353. The summed E-state index contributed by atoms with van der Waals surface area (Å²) in [4.78, 5) is 23.1. The maximum atomic E-state index is 12.3. The lowest BCUT2D eigenvalue weighted by Gasteiger charge is -2.21. The summed E-state index contributed by atoms with van der Waals surface area (Å²) in [5.41, 5.74) is 1.03. The minimum atomic E-state index is -0.260. The minimum Gasteiger partial charge on any atom is -0.341 e. The van der Waals surface area contributed by atoms with Crippen LogP contribution in [0.5, 0.6) is 0 Å². The number of halogens is 1. The summed E-state index contributed by atoms with van der Waals surface area (Å²) in [6.07, 6.45) is 3.63. The smallest absolute Gasteiger partial charge is 0.274 e. The highest BCUT2D eigenvalue weighted by Crippen LogP contribution is 2.15. The van der Waals surface area contributed by atoms with E-state index in [9.17, 15) is 4.79 Å². The molecular formula is C17H21ClN4O. The van der Waals surface area contributed by atoms with Gasteiger partial charge in [0, 0.05) is 30.0 Å². The van der Waals surface area contributed by atoms with Crippen LogP contribution < -0.4 is 10.2 Å². The van der Waals surface area contributed by atoms with E-state index in [1.54, 1.807) is 36.5 Å². The Hall–Kier alpha value is -2.14. The summed E-state index contributed by atoms with van der Waals surface area (Å²) < 4.78 is 0. The number of aromatic nitrogens is 2. The number of nitrogens with zero attached hydrogens (tertiary/aromatic N) is 3. The monoisotopic (exact) mass is 332 g/mol. The topological polar surface area (TPSA) is 58.1 Å². The largest absolute Gasteiger partial charge is 0.341 e. The molecule has 0 aliphatic heterocycles. The number of benzene rings is 1. The fourth-order valence-corrected chi connectivity index (χ4v) is 2.33. The zero-order valence-corrected chi connectivity index (χ0v) is 14.2. The van der Waals surface area contributed by atoms with Gasteiger partial charge in [-0.2, -0.15) is 0 Å². The zero-order chi connectivity index (χ0) is 16.7. The third-order valence-corrected chi connectivity index (χ3v) is 3.50. The third-order valence-electron chi connectivity index (χ3n) is 3.25. The number of carbonyl (C=O) groups is 1. The van der Waals surface area contributed by atoms with Crippen LogP contribution in [0.1, 0.15) is 37.2 Å². The molecule has 1 N–H and O–H groups in total. The molecule has 0 saturated heterocycles. The Bertz CT molecular complexity index is 639. The quantitative estimate of drug-likeness (QED) is 0.832. The molecule has 0 spiro atoms. The summed E-state index contributed by atoms with van der Waals surface area (Å²) >= 11 is 5.84. The molecule has 1 aromatic carbocycles. The lowest BCUT2D eigenvalue weighted by atomic mass is 10.3. The van der Waals surface area contributed by atoms with E-state index in [0.717, 1.165) is 25.9 Å². The predicted molar refractivity (Wildman–Crippen MR) is 94.2 cm³/mol. The van der Waals surface area contributed by atoms with Crippen LogP contribution in [0, 0.1) is 0 Å². The van der Waals surface area contributed by atoms with Gasteiger partial charge < -0.3 is 10.2 Å². The average molecular weight is 333 g/mol. The van der Waals surface area contributed by atoms with Crippen LogP contribution in [0.25, 0.3) is 0 Å². The molecule has 0 aliphatic carbocycles. The second-order valence-electron chi connectivity index (χ2n) is 5.19. The van der Waals surface area contributed by atoms with Gasteiger partial charge in [-0.1, -0.05) is 25.4 Å². The molecule has 122 valence electrons. The SMILES string of the molecule is CCCN(CCC)c1nccc(C(=O)Nc2ccc(Cl)cc2)n1. The van der Waals surface area contributed by atoms with Crippen LogP contribution in [0.3, 0.4) is 0 Å². The highest BCUT2D eigenvalue weighted by molar-refractivity contribution is 6.30. The van der Waals surface area contributed by atoms with Gasteiger partial charge in [0.15, 0.2) is 0 Å².